The summed E-state index contributed by atoms with van der Waals surface area (Å²) < 4.78 is 13.3. The fourth-order valence-corrected chi connectivity index (χ4v) is 3.56. The third-order valence-corrected chi connectivity index (χ3v) is 4.38. The molecule has 2 heterocycles. The first-order valence-corrected chi connectivity index (χ1v) is 6.97. The summed E-state index contributed by atoms with van der Waals surface area (Å²) in [7, 11) is -0.622. The molecule has 2 unspecified atom stereocenters. The Morgan fingerprint density at radius 1 is 1.60 bits per heavy atom. The Morgan fingerprint density at radius 2 is 2.33 bits per heavy atom. The number of hydrogen-bond donors (Lipinski definition) is 0. The van der Waals surface area contributed by atoms with Crippen molar-refractivity contribution in [3.63, 3.8) is 0 Å². The van der Waals surface area contributed by atoms with Crippen LogP contribution in [0.2, 0.25) is 0 Å². The Kier molecular flexibility index (Phi) is 2.96. The highest BCUT2D eigenvalue weighted by molar-refractivity contribution is 7.85. The van der Waals surface area contributed by atoms with E-state index in [-0.39, 0.29) is 0 Å². The van der Waals surface area contributed by atoms with Crippen LogP contribution in [0.4, 0.5) is 0 Å². The van der Waals surface area contributed by atoms with Gasteiger partial charge in [0.2, 0.25) is 0 Å². The molecule has 3 nitrogen and oxygen atoms in total. The van der Waals surface area contributed by atoms with E-state index in [0.29, 0.717) is 12.0 Å². The van der Waals surface area contributed by atoms with Crippen LogP contribution >= 0.6 is 0 Å². The summed E-state index contributed by atoms with van der Waals surface area (Å²) in [6.07, 6.45) is 3.10. The third kappa shape index (κ3) is 2.14. The van der Waals surface area contributed by atoms with Crippen LogP contribution in [-0.4, -0.2) is 25.5 Å². The van der Waals surface area contributed by atoms with Gasteiger partial charge in [-0.05, 0) is 24.8 Å². The van der Waals surface area contributed by atoms with Crippen molar-refractivity contribution in [3.8, 4) is 0 Å². The lowest BCUT2D eigenvalue weighted by molar-refractivity contribution is 0.493. The standard InChI is InChI=1S/C11H18N2OS/c1-8(2)11-9(3)6-13(12-11)10-4-5-15(14)7-10/h6,8,10H,4-5,7H2,1-3H3. The third-order valence-electron chi connectivity index (χ3n) is 2.93. The zero-order valence-corrected chi connectivity index (χ0v) is 10.4. The normalized spacial score (nSPS) is 26.4. The minimum atomic E-state index is -0.622. The van der Waals surface area contributed by atoms with Gasteiger partial charge in [0, 0.05) is 28.5 Å². The van der Waals surface area contributed by atoms with E-state index < -0.39 is 10.8 Å². The van der Waals surface area contributed by atoms with E-state index in [1.54, 1.807) is 0 Å². The van der Waals surface area contributed by atoms with E-state index in [4.69, 9.17) is 0 Å². The number of rotatable bonds is 2. The van der Waals surface area contributed by atoms with E-state index >= 15 is 0 Å². The summed E-state index contributed by atoms with van der Waals surface area (Å²) in [4.78, 5) is 0. The molecule has 1 aliphatic heterocycles. The van der Waals surface area contributed by atoms with Crippen molar-refractivity contribution in [2.75, 3.05) is 11.5 Å². The Hall–Kier alpha value is -0.640. The first kappa shape index (κ1) is 10.9. The smallest absolute Gasteiger partial charge is 0.0679 e. The molecule has 1 saturated heterocycles. The SMILES string of the molecule is Cc1cn(C2CCS(=O)C2)nc1C(C)C. The summed E-state index contributed by atoms with van der Waals surface area (Å²) in [6.45, 7) is 6.42. The van der Waals surface area contributed by atoms with Crippen molar-refractivity contribution in [1.29, 1.82) is 0 Å². The van der Waals surface area contributed by atoms with Gasteiger partial charge in [0.15, 0.2) is 0 Å². The van der Waals surface area contributed by atoms with E-state index in [0.717, 1.165) is 17.9 Å². The molecule has 1 aromatic rings. The van der Waals surface area contributed by atoms with E-state index in [9.17, 15) is 4.21 Å². The molecule has 0 saturated carbocycles. The number of nitrogens with zero attached hydrogens (tertiary/aromatic N) is 2. The van der Waals surface area contributed by atoms with Crippen LogP contribution in [0.25, 0.3) is 0 Å². The molecule has 15 heavy (non-hydrogen) atoms. The van der Waals surface area contributed by atoms with Gasteiger partial charge in [-0.1, -0.05) is 13.8 Å². The first-order valence-electron chi connectivity index (χ1n) is 5.48. The van der Waals surface area contributed by atoms with Crippen molar-refractivity contribution in [2.24, 2.45) is 0 Å². The van der Waals surface area contributed by atoms with Crippen molar-refractivity contribution in [2.45, 2.75) is 39.2 Å². The van der Waals surface area contributed by atoms with Crippen LogP contribution in [0.5, 0.6) is 0 Å². The van der Waals surface area contributed by atoms with Crippen LogP contribution in [0.15, 0.2) is 6.20 Å². The van der Waals surface area contributed by atoms with Crippen LogP contribution in [0.3, 0.4) is 0 Å². The Labute approximate surface area is 93.3 Å². The maximum Gasteiger partial charge on any atom is 0.0679 e. The van der Waals surface area contributed by atoms with Crippen molar-refractivity contribution in [1.82, 2.24) is 9.78 Å². The summed E-state index contributed by atoms with van der Waals surface area (Å²) in [5.41, 5.74) is 2.43. The predicted molar refractivity (Wildman–Crippen MR) is 62.6 cm³/mol. The molecule has 1 aliphatic rings. The molecule has 2 rings (SSSR count). The topological polar surface area (TPSA) is 34.9 Å². The molecule has 84 valence electrons. The van der Waals surface area contributed by atoms with Gasteiger partial charge < -0.3 is 0 Å². The average Bonchev–Trinajstić information content (AvgIpc) is 2.71. The molecule has 0 spiro atoms. The monoisotopic (exact) mass is 226 g/mol. The summed E-state index contributed by atoms with van der Waals surface area (Å²) in [5.74, 6) is 2.08. The predicted octanol–water partition coefficient (Wildman–Crippen LogP) is 2.01. The molecule has 0 N–H and O–H groups in total. The second kappa shape index (κ2) is 4.08. The summed E-state index contributed by atoms with van der Waals surface area (Å²) in [5, 5.41) is 4.61. The largest absolute Gasteiger partial charge is 0.268 e. The zero-order valence-electron chi connectivity index (χ0n) is 9.56. The second-order valence-electron chi connectivity index (χ2n) is 4.59. The maximum atomic E-state index is 11.3. The fourth-order valence-electron chi connectivity index (χ4n) is 2.11. The lowest BCUT2D eigenvalue weighted by Crippen LogP contribution is -2.10. The average molecular weight is 226 g/mol. The highest BCUT2D eigenvalue weighted by Crippen LogP contribution is 2.24. The first-order chi connectivity index (χ1) is 7.08. The van der Waals surface area contributed by atoms with Gasteiger partial charge in [-0.2, -0.15) is 5.10 Å². The molecule has 4 heteroatoms. The van der Waals surface area contributed by atoms with Gasteiger partial charge in [-0.25, -0.2) is 0 Å². The lowest BCUT2D eigenvalue weighted by atomic mass is 10.1. The van der Waals surface area contributed by atoms with Crippen LogP contribution in [-0.2, 0) is 10.8 Å². The molecular formula is C11H18N2OS. The van der Waals surface area contributed by atoms with Crippen molar-refractivity contribution in [3.05, 3.63) is 17.5 Å². The molecule has 0 bridgehead atoms. The van der Waals surface area contributed by atoms with E-state index in [2.05, 4.69) is 32.1 Å². The molecule has 0 amide bonds. The van der Waals surface area contributed by atoms with Gasteiger partial charge in [0.1, 0.15) is 0 Å². The van der Waals surface area contributed by atoms with Crippen LogP contribution < -0.4 is 0 Å². The lowest BCUT2D eigenvalue weighted by Gasteiger charge is -2.08. The Morgan fingerprint density at radius 3 is 2.80 bits per heavy atom. The van der Waals surface area contributed by atoms with Gasteiger partial charge in [-0.3, -0.25) is 8.89 Å². The quantitative estimate of drug-likeness (QED) is 0.773. The van der Waals surface area contributed by atoms with Crippen molar-refractivity contribution < 1.29 is 4.21 Å². The molecule has 0 aliphatic carbocycles. The van der Waals surface area contributed by atoms with Gasteiger partial charge in [-0.15, -0.1) is 0 Å². The molecule has 0 radical (unpaired) electrons. The molecule has 1 fully saturated rings. The van der Waals surface area contributed by atoms with Crippen molar-refractivity contribution >= 4 is 10.8 Å². The van der Waals surface area contributed by atoms with Gasteiger partial charge in [0.05, 0.1) is 11.7 Å². The molecule has 0 aromatic carbocycles. The molecular weight excluding hydrogens is 208 g/mol. The Bertz CT molecular complexity index is 384. The molecule has 2 atom stereocenters. The number of aryl methyl sites for hydroxylation is 1. The maximum absolute atomic E-state index is 11.3. The minimum absolute atomic E-state index is 0.358. The minimum Gasteiger partial charge on any atom is -0.268 e. The van der Waals surface area contributed by atoms with E-state index in [1.807, 2.05) is 4.68 Å². The zero-order chi connectivity index (χ0) is 11.0. The summed E-state index contributed by atoms with van der Waals surface area (Å²) >= 11 is 0. The highest BCUT2D eigenvalue weighted by Gasteiger charge is 2.24. The fraction of sp³-hybridized carbons (Fsp3) is 0.727. The van der Waals surface area contributed by atoms with E-state index in [1.165, 1.54) is 11.3 Å². The number of hydrogen-bond acceptors (Lipinski definition) is 2. The van der Waals surface area contributed by atoms with Crippen LogP contribution in [0, 0.1) is 6.92 Å². The molecule has 1 aromatic heterocycles. The van der Waals surface area contributed by atoms with Gasteiger partial charge >= 0.3 is 0 Å². The van der Waals surface area contributed by atoms with Crippen LogP contribution in [0.1, 0.15) is 43.5 Å². The highest BCUT2D eigenvalue weighted by atomic mass is 32.2. The Balaban J connectivity index is 2.22. The number of aromatic nitrogens is 2. The second-order valence-corrected chi connectivity index (χ2v) is 6.21. The van der Waals surface area contributed by atoms with Gasteiger partial charge in [0.25, 0.3) is 0 Å². The summed E-state index contributed by atoms with van der Waals surface area (Å²) in [6, 6.07) is 0.358.